The van der Waals surface area contributed by atoms with Gasteiger partial charge in [-0.25, -0.2) is 23.5 Å². The normalized spacial score (nSPS) is 30.5. The Labute approximate surface area is 133 Å². The number of nitrogens with zero attached hydrogens (tertiary/aromatic N) is 3. The van der Waals surface area contributed by atoms with Crippen LogP contribution in [0.2, 0.25) is 0 Å². The molecule has 0 saturated carbocycles. The van der Waals surface area contributed by atoms with Crippen molar-refractivity contribution in [3.63, 3.8) is 0 Å². The second-order valence-corrected chi connectivity index (χ2v) is 6.87. The van der Waals surface area contributed by atoms with E-state index in [0.29, 0.717) is 17.5 Å². The van der Waals surface area contributed by atoms with E-state index < -0.39 is 0 Å². The molecule has 110 valence electrons. The van der Waals surface area contributed by atoms with Gasteiger partial charge in [0, 0.05) is 16.3 Å². The first-order chi connectivity index (χ1) is 10.7. The van der Waals surface area contributed by atoms with E-state index in [1.165, 1.54) is 4.57 Å². The predicted octanol–water partition coefficient (Wildman–Crippen LogP) is 1.99. The van der Waals surface area contributed by atoms with Gasteiger partial charge in [0.25, 0.3) is 0 Å². The van der Waals surface area contributed by atoms with Gasteiger partial charge in [-0.1, -0.05) is 46.3 Å². The Hall–Kier alpha value is -2.08. The molecular weight excluding hydrogens is 346 g/mol. The Kier molecular flexibility index (Phi) is 2.27. The third kappa shape index (κ3) is 1.30. The molecule has 2 aliphatic heterocycles. The second-order valence-electron chi connectivity index (χ2n) is 5.95. The molecule has 2 aromatic rings. The van der Waals surface area contributed by atoms with Gasteiger partial charge < -0.3 is 0 Å². The van der Waals surface area contributed by atoms with Gasteiger partial charge in [0.15, 0.2) is 0 Å². The number of para-hydroxylation sites is 1. The number of halogens is 1. The first-order valence-corrected chi connectivity index (χ1v) is 8.05. The van der Waals surface area contributed by atoms with Gasteiger partial charge >= 0.3 is 11.4 Å². The minimum absolute atomic E-state index is 0.0838. The van der Waals surface area contributed by atoms with Crippen LogP contribution in [0.1, 0.15) is 12.1 Å². The molecule has 0 fully saturated rings. The van der Waals surface area contributed by atoms with Crippen molar-refractivity contribution >= 4 is 15.9 Å². The highest BCUT2D eigenvalue weighted by Crippen LogP contribution is 2.53. The minimum Gasteiger partial charge on any atom is -0.245 e. The molecule has 0 saturated heterocycles. The van der Waals surface area contributed by atoms with E-state index in [1.54, 1.807) is 21.5 Å². The Bertz CT molecular complexity index is 964. The Morgan fingerprint density at radius 1 is 0.909 bits per heavy atom. The lowest BCUT2D eigenvalue weighted by molar-refractivity contribution is 0.136. The Morgan fingerprint density at radius 2 is 1.59 bits per heavy atom. The van der Waals surface area contributed by atoms with Gasteiger partial charge in [0.05, 0.1) is 17.8 Å². The SMILES string of the molecule is O=c1n(-c2ccccc2)c(=O)n2n1[C@@H]1C(Br)=C[C@H]2[C@H]2C=C[C@H]21. The average molecular weight is 358 g/mol. The fraction of sp³-hybridized carbons (Fsp3) is 0.250. The van der Waals surface area contributed by atoms with Crippen molar-refractivity contribution in [3.8, 4) is 5.69 Å². The standard InChI is InChI=1S/C16H12BrN3O2/c17-12-8-13-10-6-7-11(10)14(12)20-16(22)18(15(21)19(13)20)9-4-2-1-3-5-9/h1-8,10-11,13-14H/t10-,11+,13-,14-/m0/s1. The molecule has 0 N–H and O–H groups in total. The second kappa shape index (κ2) is 4.01. The van der Waals surface area contributed by atoms with Crippen molar-refractivity contribution in [2.24, 2.45) is 11.8 Å². The van der Waals surface area contributed by atoms with E-state index in [2.05, 4.69) is 34.2 Å². The van der Waals surface area contributed by atoms with Crippen molar-refractivity contribution in [1.82, 2.24) is 13.9 Å². The zero-order chi connectivity index (χ0) is 15.0. The molecule has 4 atom stereocenters. The maximum Gasteiger partial charge on any atom is 0.352 e. The fourth-order valence-corrected chi connectivity index (χ4v) is 4.66. The zero-order valence-corrected chi connectivity index (χ0v) is 13.1. The topological polar surface area (TPSA) is 48.9 Å². The summed E-state index contributed by atoms with van der Waals surface area (Å²) in [6.07, 6.45) is 6.33. The highest BCUT2D eigenvalue weighted by atomic mass is 79.9. The van der Waals surface area contributed by atoms with Crippen molar-refractivity contribution in [2.75, 3.05) is 0 Å². The van der Waals surface area contributed by atoms with Crippen LogP contribution in [-0.4, -0.2) is 13.9 Å². The smallest absolute Gasteiger partial charge is 0.245 e. The van der Waals surface area contributed by atoms with Gasteiger partial charge in [-0.05, 0) is 18.2 Å². The van der Waals surface area contributed by atoms with E-state index in [-0.39, 0.29) is 23.5 Å². The average Bonchev–Trinajstić information content (AvgIpc) is 2.74. The summed E-state index contributed by atoms with van der Waals surface area (Å²) in [7, 11) is 0. The summed E-state index contributed by atoms with van der Waals surface area (Å²) in [6.45, 7) is 0. The number of hydrogen-bond donors (Lipinski definition) is 0. The van der Waals surface area contributed by atoms with Crippen LogP contribution >= 0.6 is 15.9 Å². The van der Waals surface area contributed by atoms with E-state index >= 15 is 0 Å². The molecule has 0 spiro atoms. The molecule has 1 aromatic carbocycles. The summed E-state index contributed by atoms with van der Waals surface area (Å²) in [5.41, 5.74) is 0.0823. The largest absolute Gasteiger partial charge is 0.352 e. The monoisotopic (exact) mass is 357 g/mol. The summed E-state index contributed by atoms with van der Waals surface area (Å²) in [5.74, 6) is 0.614. The molecule has 2 bridgehead atoms. The summed E-state index contributed by atoms with van der Waals surface area (Å²) in [4.78, 5) is 25.7. The van der Waals surface area contributed by atoms with E-state index in [9.17, 15) is 9.59 Å². The van der Waals surface area contributed by atoms with Gasteiger partial charge in [0.2, 0.25) is 0 Å². The molecule has 0 unspecified atom stereocenters. The molecule has 4 aliphatic rings. The lowest BCUT2D eigenvalue weighted by atomic mass is 9.68. The van der Waals surface area contributed by atoms with E-state index in [0.717, 1.165) is 4.48 Å². The molecule has 5 nitrogen and oxygen atoms in total. The van der Waals surface area contributed by atoms with Gasteiger partial charge in [0.1, 0.15) is 0 Å². The molecule has 6 rings (SSSR count). The number of aromatic nitrogens is 3. The zero-order valence-electron chi connectivity index (χ0n) is 11.5. The fourth-order valence-electron chi connectivity index (χ4n) is 3.89. The lowest BCUT2D eigenvalue weighted by Gasteiger charge is -2.49. The third-order valence-electron chi connectivity index (χ3n) is 4.94. The van der Waals surface area contributed by atoms with Crippen molar-refractivity contribution in [3.05, 3.63) is 74.0 Å². The molecule has 22 heavy (non-hydrogen) atoms. The lowest BCUT2D eigenvalue weighted by Crippen LogP contribution is -2.51. The molecule has 0 radical (unpaired) electrons. The summed E-state index contributed by atoms with van der Waals surface area (Å²) in [6, 6.07) is 8.91. The predicted molar refractivity (Wildman–Crippen MR) is 85.5 cm³/mol. The van der Waals surface area contributed by atoms with Crippen molar-refractivity contribution in [2.45, 2.75) is 12.1 Å². The van der Waals surface area contributed by atoms with Crippen LogP contribution < -0.4 is 11.4 Å². The third-order valence-corrected chi connectivity index (χ3v) is 5.67. The quantitative estimate of drug-likeness (QED) is 0.732. The van der Waals surface area contributed by atoms with Crippen LogP contribution in [0.5, 0.6) is 0 Å². The molecular formula is C16H12BrN3O2. The van der Waals surface area contributed by atoms with Gasteiger partial charge in [-0.2, -0.15) is 0 Å². The minimum atomic E-state index is -0.269. The van der Waals surface area contributed by atoms with Gasteiger partial charge in [-0.3, -0.25) is 0 Å². The maximum atomic E-state index is 12.9. The summed E-state index contributed by atoms with van der Waals surface area (Å²) < 4.78 is 5.50. The number of hydrogen-bond acceptors (Lipinski definition) is 2. The first-order valence-electron chi connectivity index (χ1n) is 7.25. The van der Waals surface area contributed by atoms with Gasteiger partial charge in [-0.15, -0.1) is 0 Å². The molecule has 2 aliphatic carbocycles. The van der Waals surface area contributed by atoms with Crippen LogP contribution in [-0.2, 0) is 0 Å². The Morgan fingerprint density at radius 3 is 2.27 bits per heavy atom. The van der Waals surface area contributed by atoms with Crippen LogP contribution in [0, 0.1) is 11.8 Å². The van der Waals surface area contributed by atoms with E-state index in [4.69, 9.17) is 0 Å². The molecule has 6 heteroatoms. The number of allylic oxidation sites excluding steroid dienone is 4. The van der Waals surface area contributed by atoms with Crippen molar-refractivity contribution < 1.29 is 0 Å². The van der Waals surface area contributed by atoms with Crippen LogP contribution in [0.25, 0.3) is 5.69 Å². The highest BCUT2D eigenvalue weighted by Gasteiger charge is 2.50. The summed E-state index contributed by atoms with van der Waals surface area (Å²) in [5, 5.41) is 0. The summed E-state index contributed by atoms with van der Waals surface area (Å²) >= 11 is 3.58. The van der Waals surface area contributed by atoms with Crippen LogP contribution in [0.15, 0.2) is 62.6 Å². The van der Waals surface area contributed by atoms with E-state index in [1.807, 2.05) is 18.2 Å². The molecule has 1 aromatic heterocycles. The first kappa shape index (κ1) is 12.5. The number of rotatable bonds is 1. The molecule has 3 heterocycles. The Balaban J connectivity index is 1.83. The van der Waals surface area contributed by atoms with Crippen LogP contribution in [0.4, 0.5) is 0 Å². The molecule has 0 amide bonds. The van der Waals surface area contributed by atoms with Crippen molar-refractivity contribution in [1.29, 1.82) is 0 Å². The van der Waals surface area contributed by atoms with Crippen LogP contribution in [0.3, 0.4) is 0 Å². The maximum absolute atomic E-state index is 12.9. The number of benzene rings is 1. The highest BCUT2D eigenvalue weighted by molar-refractivity contribution is 9.11.